The number of rotatable bonds is 7. The first-order chi connectivity index (χ1) is 11.0. The molecule has 0 saturated heterocycles. The zero-order valence-electron chi connectivity index (χ0n) is 12.9. The van der Waals surface area contributed by atoms with Crippen LogP contribution in [-0.2, 0) is 9.59 Å². The van der Waals surface area contributed by atoms with E-state index in [9.17, 15) is 14.4 Å². The molecule has 0 bridgehead atoms. The number of hydrogen-bond donors (Lipinski definition) is 3. The van der Waals surface area contributed by atoms with Crippen LogP contribution in [0.5, 0.6) is 0 Å². The van der Waals surface area contributed by atoms with Gasteiger partial charge in [-0.25, -0.2) is 0 Å². The van der Waals surface area contributed by atoms with Crippen molar-refractivity contribution in [3.8, 4) is 6.07 Å². The molecule has 0 radical (unpaired) electrons. The van der Waals surface area contributed by atoms with E-state index in [0.29, 0.717) is 11.3 Å². The highest BCUT2D eigenvalue weighted by molar-refractivity contribution is 7.99. The molecule has 1 atom stereocenters. The second-order valence-electron chi connectivity index (χ2n) is 4.57. The van der Waals surface area contributed by atoms with Gasteiger partial charge in [-0.1, -0.05) is 0 Å². The molecular formula is C15H18N4O3S. The lowest BCUT2D eigenvalue weighted by Crippen LogP contribution is -2.41. The van der Waals surface area contributed by atoms with Crippen LogP contribution in [0.15, 0.2) is 24.3 Å². The minimum absolute atomic E-state index is 0.0611. The van der Waals surface area contributed by atoms with Crippen molar-refractivity contribution >= 4 is 35.2 Å². The minimum Gasteiger partial charge on any atom is -0.350 e. The van der Waals surface area contributed by atoms with Crippen LogP contribution in [0.25, 0.3) is 0 Å². The summed E-state index contributed by atoms with van der Waals surface area (Å²) in [6, 6.07) is 8.26. The quantitative estimate of drug-likeness (QED) is 0.637. The maximum absolute atomic E-state index is 12.0. The standard InChI is InChI=1S/C15H18N4O3S/c1-10(20)19-12-5-3-11(4-6-12)14(21)18-9-13(23-2)15(22)17-8-7-16/h3-6,13H,8-9H2,1-2H3,(H,17,22)(H,18,21)(H,19,20). The predicted molar refractivity (Wildman–Crippen MR) is 89.0 cm³/mol. The highest BCUT2D eigenvalue weighted by atomic mass is 32.2. The first-order valence-corrected chi connectivity index (χ1v) is 8.10. The van der Waals surface area contributed by atoms with Crippen LogP contribution in [0.1, 0.15) is 17.3 Å². The lowest BCUT2D eigenvalue weighted by atomic mass is 10.2. The van der Waals surface area contributed by atoms with Crippen LogP contribution >= 0.6 is 11.8 Å². The summed E-state index contributed by atoms with van der Waals surface area (Å²) in [4.78, 5) is 34.7. The average molecular weight is 334 g/mol. The van der Waals surface area contributed by atoms with Gasteiger partial charge in [0.1, 0.15) is 11.8 Å². The SMILES string of the molecule is CSC(CNC(=O)c1ccc(NC(C)=O)cc1)C(=O)NCC#N. The third-order valence-corrected chi connectivity index (χ3v) is 3.78. The Hall–Kier alpha value is -2.53. The zero-order valence-corrected chi connectivity index (χ0v) is 13.7. The Labute approximate surface area is 138 Å². The van der Waals surface area contributed by atoms with Gasteiger partial charge in [-0.15, -0.1) is 0 Å². The average Bonchev–Trinajstić information content (AvgIpc) is 2.53. The highest BCUT2D eigenvalue weighted by Gasteiger charge is 2.18. The molecule has 7 nitrogen and oxygen atoms in total. The highest BCUT2D eigenvalue weighted by Crippen LogP contribution is 2.10. The lowest BCUT2D eigenvalue weighted by molar-refractivity contribution is -0.120. The third kappa shape index (κ3) is 6.40. The van der Waals surface area contributed by atoms with Gasteiger partial charge in [0, 0.05) is 24.7 Å². The number of benzene rings is 1. The van der Waals surface area contributed by atoms with E-state index in [1.807, 2.05) is 6.07 Å². The molecular weight excluding hydrogens is 316 g/mol. The van der Waals surface area contributed by atoms with Crippen LogP contribution in [0.2, 0.25) is 0 Å². The van der Waals surface area contributed by atoms with Gasteiger partial charge in [-0.2, -0.15) is 17.0 Å². The fourth-order valence-corrected chi connectivity index (χ4v) is 2.27. The summed E-state index contributed by atoms with van der Waals surface area (Å²) < 4.78 is 0. The summed E-state index contributed by atoms with van der Waals surface area (Å²) in [5.41, 5.74) is 1.03. The molecule has 0 aromatic heterocycles. The van der Waals surface area contributed by atoms with Crippen molar-refractivity contribution in [1.29, 1.82) is 5.26 Å². The number of anilines is 1. The molecule has 3 amide bonds. The van der Waals surface area contributed by atoms with E-state index in [1.165, 1.54) is 18.7 Å². The molecule has 0 heterocycles. The van der Waals surface area contributed by atoms with Crippen molar-refractivity contribution < 1.29 is 14.4 Å². The maximum atomic E-state index is 12.0. The van der Waals surface area contributed by atoms with Crippen LogP contribution in [0, 0.1) is 11.3 Å². The first-order valence-electron chi connectivity index (χ1n) is 6.81. The number of carbonyl (C=O) groups excluding carboxylic acids is 3. The molecule has 1 rings (SSSR count). The van der Waals surface area contributed by atoms with E-state index in [-0.39, 0.29) is 30.8 Å². The van der Waals surface area contributed by atoms with Crippen molar-refractivity contribution in [2.75, 3.05) is 24.7 Å². The molecule has 0 saturated carbocycles. The Morgan fingerprint density at radius 1 is 1.22 bits per heavy atom. The molecule has 0 aliphatic rings. The molecule has 0 fully saturated rings. The number of amides is 3. The Balaban J connectivity index is 2.56. The number of thioether (sulfide) groups is 1. The third-order valence-electron chi connectivity index (χ3n) is 2.83. The molecule has 8 heteroatoms. The van der Waals surface area contributed by atoms with Gasteiger partial charge in [0.15, 0.2) is 0 Å². The summed E-state index contributed by atoms with van der Waals surface area (Å²) in [5.74, 6) is -0.791. The van der Waals surface area contributed by atoms with E-state index in [2.05, 4.69) is 16.0 Å². The molecule has 1 unspecified atom stereocenters. The Morgan fingerprint density at radius 3 is 2.39 bits per heavy atom. The fourth-order valence-electron chi connectivity index (χ4n) is 1.72. The zero-order chi connectivity index (χ0) is 17.2. The Kier molecular flexibility index (Phi) is 7.63. The summed E-state index contributed by atoms with van der Waals surface area (Å²) >= 11 is 1.29. The second kappa shape index (κ2) is 9.48. The van der Waals surface area contributed by atoms with Gasteiger partial charge in [0.05, 0.1) is 6.07 Å². The van der Waals surface area contributed by atoms with Crippen molar-refractivity contribution in [2.24, 2.45) is 0 Å². The van der Waals surface area contributed by atoms with Crippen LogP contribution in [0.3, 0.4) is 0 Å². The van der Waals surface area contributed by atoms with Gasteiger partial charge in [-0.3, -0.25) is 14.4 Å². The number of nitrogens with zero attached hydrogens (tertiary/aromatic N) is 1. The monoisotopic (exact) mass is 334 g/mol. The molecule has 1 aromatic carbocycles. The number of hydrogen-bond acceptors (Lipinski definition) is 5. The van der Waals surface area contributed by atoms with Gasteiger partial charge < -0.3 is 16.0 Å². The Bertz CT molecular complexity index is 610. The largest absolute Gasteiger partial charge is 0.350 e. The van der Waals surface area contributed by atoms with E-state index >= 15 is 0 Å². The summed E-state index contributed by atoms with van der Waals surface area (Å²) in [7, 11) is 0. The lowest BCUT2D eigenvalue weighted by Gasteiger charge is -2.14. The van der Waals surface area contributed by atoms with Crippen molar-refractivity contribution in [3.05, 3.63) is 29.8 Å². The van der Waals surface area contributed by atoms with E-state index in [0.717, 1.165) is 0 Å². The second-order valence-corrected chi connectivity index (χ2v) is 5.61. The van der Waals surface area contributed by atoms with Gasteiger partial charge in [0.25, 0.3) is 5.91 Å². The molecule has 1 aromatic rings. The van der Waals surface area contributed by atoms with E-state index in [1.54, 1.807) is 30.5 Å². The molecule has 122 valence electrons. The van der Waals surface area contributed by atoms with Crippen LogP contribution < -0.4 is 16.0 Å². The summed E-state index contributed by atoms with van der Waals surface area (Å²) in [5, 5.41) is 15.7. The number of carbonyl (C=O) groups is 3. The number of nitriles is 1. The fraction of sp³-hybridized carbons (Fsp3) is 0.333. The predicted octanol–water partition coefficient (Wildman–Crippen LogP) is 0.746. The van der Waals surface area contributed by atoms with Crippen molar-refractivity contribution in [2.45, 2.75) is 12.2 Å². The van der Waals surface area contributed by atoms with Crippen LogP contribution in [-0.4, -0.2) is 42.3 Å². The molecule has 0 aliphatic carbocycles. The van der Waals surface area contributed by atoms with E-state index in [4.69, 9.17) is 5.26 Å². The maximum Gasteiger partial charge on any atom is 0.251 e. The summed E-state index contributed by atoms with van der Waals surface area (Å²) in [6.45, 7) is 1.50. The molecule has 3 N–H and O–H groups in total. The first kappa shape index (κ1) is 18.5. The minimum atomic E-state index is -0.467. The van der Waals surface area contributed by atoms with Crippen molar-refractivity contribution in [1.82, 2.24) is 10.6 Å². The molecule has 0 aliphatic heterocycles. The van der Waals surface area contributed by atoms with Crippen molar-refractivity contribution in [3.63, 3.8) is 0 Å². The van der Waals surface area contributed by atoms with Crippen LogP contribution in [0.4, 0.5) is 5.69 Å². The smallest absolute Gasteiger partial charge is 0.251 e. The molecule has 0 spiro atoms. The topological polar surface area (TPSA) is 111 Å². The van der Waals surface area contributed by atoms with E-state index < -0.39 is 5.25 Å². The van der Waals surface area contributed by atoms with Gasteiger partial charge in [-0.05, 0) is 30.5 Å². The normalized spacial score (nSPS) is 11.0. The van der Waals surface area contributed by atoms with Gasteiger partial charge in [0.2, 0.25) is 11.8 Å². The number of nitrogens with one attached hydrogen (secondary N) is 3. The Morgan fingerprint density at radius 2 is 1.87 bits per heavy atom. The molecule has 23 heavy (non-hydrogen) atoms. The summed E-state index contributed by atoms with van der Waals surface area (Å²) in [6.07, 6.45) is 1.75. The van der Waals surface area contributed by atoms with Gasteiger partial charge >= 0.3 is 0 Å².